The maximum absolute atomic E-state index is 9.92. The minimum atomic E-state index is -1.08. The van der Waals surface area contributed by atoms with Crippen LogP contribution in [0.25, 0.3) is 0 Å². The van der Waals surface area contributed by atoms with Gasteiger partial charge in [-0.3, -0.25) is 0 Å². The van der Waals surface area contributed by atoms with Gasteiger partial charge in [-0.2, -0.15) is 4.91 Å². The third-order valence-electron chi connectivity index (χ3n) is 1.54. The Balaban J connectivity index is 3.77. The maximum atomic E-state index is 9.92. The average molecular weight is 162 g/mol. The van der Waals surface area contributed by atoms with Crippen LogP contribution in [0.3, 0.4) is 0 Å². The monoisotopic (exact) mass is 162 g/mol. The molecule has 5 heteroatoms. The zero-order valence-electron chi connectivity index (χ0n) is 6.47. The molecule has 0 rings (SSSR count). The van der Waals surface area contributed by atoms with Crippen molar-refractivity contribution >= 4 is 0 Å². The van der Waals surface area contributed by atoms with E-state index < -0.39 is 18.2 Å². The molecule has 0 bridgehead atoms. The molecule has 0 radical (unpaired) electrons. The molecular weight excluding hydrogens is 148 g/mol. The molecule has 4 N–H and O–H groups in total. The van der Waals surface area contributed by atoms with Crippen LogP contribution in [0, 0.1) is 10.8 Å². The molecule has 0 aliphatic rings. The van der Waals surface area contributed by atoms with E-state index in [0.29, 0.717) is 6.42 Å². The third-order valence-corrected chi connectivity index (χ3v) is 1.54. The van der Waals surface area contributed by atoms with Crippen LogP contribution in [-0.2, 0) is 0 Å². The fourth-order valence-electron chi connectivity index (χ4n) is 0.803. The highest BCUT2D eigenvalue weighted by molar-refractivity contribution is 4.69. The van der Waals surface area contributed by atoms with Crippen molar-refractivity contribution in [3.8, 4) is 0 Å². The first-order valence-electron chi connectivity index (χ1n) is 3.48. The molecule has 0 saturated carbocycles. The molecule has 0 aliphatic heterocycles. The predicted octanol–water partition coefficient (Wildman–Crippen LogP) is -0.583. The van der Waals surface area contributed by atoms with E-state index in [2.05, 4.69) is 5.18 Å². The van der Waals surface area contributed by atoms with E-state index in [-0.39, 0.29) is 6.61 Å². The van der Waals surface area contributed by atoms with Crippen molar-refractivity contribution in [2.45, 2.75) is 25.6 Å². The molecule has 5 nitrogen and oxygen atoms in total. The van der Waals surface area contributed by atoms with E-state index in [1.54, 1.807) is 6.92 Å². The van der Waals surface area contributed by atoms with Crippen LogP contribution in [-0.4, -0.2) is 29.1 Å². The minimum Gasteiger partial charge on any atom is -0.396 e. The topological polar surface area (TPSA) is 95.9 Å². The van der Waals surface area contributed by atoms with E-state index in [1.807, 2.05) is 0 Å². The van der Waals surface area contributed by atoms with Gasteiger partial charge in [0.05, 0.1) is 6.04 Å². The van der Waals surface area contributed by atoms with Gasteiger partial charge in [0.2, 0.25) is 0 Å². The number of hydrogen-bond donors (Lipinski definition) is 3. The smallest absolute Gasteiger partial charge is 0.107 e. The number of nitrogens with zero attached hydrogens (tertiary/aromatic N) is 1. The van der Waals surface area contributed by atoms with Gasteiger partial charge in [0.25, 0.3) is 0 Å². The summed E-state index contributed by atoms with van der Waals surface area (Å²) >= 11 is 0. The summed E-state index contributed by atoms with van der Waals surface area (Å²) in [4.78, 5) is 9.92. The van der Waals surface area contributed by atoms with E-state index in [9.17, 15) is 4.91 Å². The first kappa shape index (κ1) is 10.5. The lowest BCUT2D eigenvalue weighted by Crippen LogP contribution is -2.33. The Morgan fingerprint density at radius 3 is 2.45 bits per heavy atom. The van der Waals surface area contributed by atoms with Crippen molar-refractivity contribution in [3.63, 3.8) is 0 Å². The molecule has 0 saturated heterocycles. The standard InChI is InChI=1S/C6H14N2O3/c1-4(8-11)2-5(3-9)6(7)10/h4-6,9-10H,2-3,7H2,1H3. The Hall–Kier alpha value is -0.520. The summed E-state index contributed by atoms with van der Waals surface area (Å²) in [6.07, 6.45) is -0.762. The van der Waals surface area contributed by atoms with E-state index in [1.165, 1.54) is 0 Å². The van der Waals surface area contributed by atoms with Gasteiger partial charge in [-0.05, 0) is 13.3 Å². The van der Waals surface area contributed by atoms with Gasteiger partial charge >= 0.3 is 0 Å². The van der Waals surface area contributed by atoms with Crippen molar-refractivity contribution < 1.29 is 10.2 Å². The van der Waals surface area contributed by atoms with Gasteiger partial charge in [-0.25, -0.2) is 0 Å². The van der Waals surface area contributed by atoms with Gasteiger partial charge in [0.15, 0.2) is 0 Å². The van der Waals surface area contributed by atoms with Crippen LogP contribution in [0.15, 0.2) is 5.18 Å². The summed E-state index contributed by atoms with van der Waals surface area (Å²) in [5.41, 5.74) is 5.10. The molecule has 66 valence electrons. The molecule has 11 heavy (non-hydrogen) atoms. The third kappa shape index (κ3) is 4.02. The van der Waals surface area contributed by atoms with Crippen molar-refractivity contribution in [2.24, 2.45) is 16.8 Å². The van der Waals surface area contributed by atoms with Crippen LogP contribution < -0.4 is 5.73 Å². The molecular formula is C6H14N2O3. The van der Waals surface area contributed by atoms with Crippen molar-refractivity contribution in [3.05, 3.63) is 4.91 Å². The molecule has 3 unspecified atom stereocenters. The highest BCUT2D eigenvalue weighted by Crippen LogP contribution is 2.09. The maximum Gasteiger partial charge on any atom is 0.107 e. The van der Waals surface area contributed by atoms with Crippen LogP contribution in [0.1, 0.15) is 13.3 Å². The predicted molar refractivity (Wildman–Crippen MR) is 40.6 cm³/mol. The number of aliphatic hydroxyl groups excluding tert-OH is 2. The highest BCUT2D eigenvalue weighted by Gasteiger charge is 2.17. The number of nitroso groups, excluding NO2 is 1. The fourth-order valence-corrected chi connectivity index (χ4v) is 0.803. The molecule has 0 aromatic carbocycles. The fraction of sp³-hybridized carbons (Fsp3) is 1.00. The van der Waals surface area contributed by atoms with Crippen molar-refractivity contribution in [2.75, 3.05) is 6.61 Å². The Kier molecular flexibility index (Phi) is 4.93. The summed E-state index contributed by atoms with van der Waals surface area (Å²) in [7, 11) is 0. The van der Waals surface area contributed by atoms with Crippen molar-refractivity contribution in [1.29, 1.82) is 0 Å². The lowest BCUT2D eigenvalue weighted by molar-refractivity contribution is 0.0642. The minimum absolute atomic E-state index is 0.225. The SMILES string of the molecule is CC(CC(CO)C(N)O)N=O. The van der Waals surface area contributed by atoms with Gasteiger partial charge in [-0.1, -0.05) is 5.18 Å². The second kappa shape index (κ2) is 5.17. The molecule has 0 amide bonds. The summed E-state index contributed by atoms with van der Waals surface area (Å²) < 4.78 is 0. The number of rotatable bonds is 5. The first-order valence-corrected chi connectivity index (χ1v) is 3.48. The molecule has 0 aromatic rings. The van der Waals surface area contributed by atoms with E-state index in [0.717, 1.165) is 0 Å². The number of nitrogens with two attached hydrogens (primary N) is 1. The van der Waals surface area contributed by atoms with Gasteiger partial charge in [-0.15, -0.1) is 0 Å². The molecule has 3 atom stereocenters. The summed E-state index contributed by atoms with van der Waals surface area (Å²) in [5.74, 6) is -0.456. The normalized spacial score (nSPS) is 18.9. The highest BCUT2D eigenvalue weighted by atomic mass is 16.3. The van der Waals surface area contributed by atoms with Gasteiger partial charge in [0.1, 0.15) is 6.23 Å². The number of hydrogen-bond acceptors (Lipinski definition) is 5. The zero-order valence-corrected chi connectivity index (χ0v) is 6.47. The van der Waals surface area contributed by atoms with E-state index in [4.69, 9.17) is 15.9 Å². The Labute approximate surface area is 65.2 Å². The zero-order chi connectivity index (χ0) is 8.85. The van der Waals surface area contributed by atoms with Crippen molar-refractivity contribution in [1.82, 2.24) is 0 Å². The largest absolute Gasteiger partial charge is 0.396 e. The molecule has 0 heterocycles. The second-order valence-corrected chi connectivity index (χ2v) is 2.62. The second-order valence-electron chi connectivity index (χ2n) is 2.62. The Bertz CT molecular complexity index is 118. The van der Waals surface area contributed by atoms with Crippen LogP contribution in [0.5, 0.6) is 0 Å². The van der Waals surface area contributed by atoms with E-state index >= 15 is 0 Å². The van der Waals surface area contributed by atoms with Crippen LogP contribution in [0.2, 0.25) is 0 Å². The Morgan fingerprint density at radius 1 is 1.64 bits per heavy atom. The molecule has 0 aromatic heterocycles. The molecule has 0 fully saturated rings. The quantitative estimate of drug-likeness (QED) is 0.372. The first-order chi connectivity index (χ1) is 5.11. The number of aliphatic hydroxyl groups is 2. The molecule has 0 spiro atoms. The van der Waals surface area contributed by atoms with Gasteiger partial charge < -0.3 is 15.9 Å². The summed E-state index contributed by atoms with van der Waals surface area (Å²) in [6.45, 7) is 1.38. The molecule has 0 aliphatic carbocycles. The average Bonchev–Trinajstić information content (AvgIpc) is 1.99. The Morgan fingerprint density at radius 2 is 2.18 bits per heavy atom. The lowest BCUT2D eigenvalue weighted by atomic mass is 10.0. The lowest BCUT2D eigenvalue weighted by Gasteiger charge is -2.17. The van der Waals surface area contributed by atoms with Crippen LogP contribution in [0.4, 0.5) is 0 Å². The summed E-state index contributed by atoms with van der Waals surface area (Å²) in [5, 5.41) is 20.2. The summed E-state index contributed by atoms with van der Waals surface area (Å²) in [6, 6.07) is -0.412. The van der Waals surface area contributed by atoms with Gasteiger partial charge in [0, 0.05) is 12.5 Å². The van der Waals surface area contributed by atoms with Crippen LogP contribution >= 0.6 is 0 Å².